The van der Waals surface area contributed by atoms with Gasteiger partial charge in [0.05, 0.1) is 6.04 Å². The Morgan fingerprint density at radius 1 is 0.962 bits per heavy atom. The fourth-order valence-corrected chi connectivity index (χ4v) is 4.14. The molecular weight excluding hydrogens is 338 g/mol. The maximum atomic E-state index is 5.83. The van der Waals surface area contributed by atoms with Crippen molar-refractivity contribution in [3.05, 3.63) is 89.2 Å². The largest absolute Gasteiger partial charge is 0.348 e. The molecule has 0 bridgehead atoms. The number of nitrogens with one attached hydrogen (secondary N) is 1. The van der Waals surface area contributed by atoms with E-state index >= 15 is 0 Å². The van der Waals surface area contributed by atoms with Gasteiger partial charge >= 0.3 is 0 Å². The topological polar surface area (TPSA) is 20.2 Å². The fraction of sp³-hybridized carbons (Fsp3) is 0.227. The molecule has 2 aromatic carbocycles. The molecule has 3 nitrogen and oxygen atoms in total. The summed E-state index contributed by atoms with van der Waals surface area (Å²) in [4.78, 5) is 2.30. The predicted octanol–water partition coefficient (Wildman–Crippen LogP) is 4.91. The molecule has 132 valence electrons. The van der Waals surface area contributed by atoms with Crippen molar-refractivity contribution in [3.8, 4) is 0 Å². The van der Waals surface area contributed by atoms with Gasteiger partial charge in [-0.3, -0.25) is 0 Å². The lowest BCUT2D eigenvalue weighted by Gasteiger charge is -2.39. The molecule has 0 spiro atoms. The van der Waals surface area contributed by atoms with Crippen LogP contribution in [0.5, 0.6) is 0 Å². The number of hydrogen-bond acceptors (Lipinski definition) is 1. The van der Waals surface area contributed by atoms with Gasteiger partial charge in [0.1, 0.15) is 0 Å². The minimum atomic E-state index is 0.130. The minimum absolute atomic E-state index is 0.130. The zero-order valence-corrected chi connectivity index (χ0v) is 16.0. The molecular formula is C22H23N3S. The van der Waals surface area contributed by atoms with Crippen molar-refractivity contribution in [1.29, 1.82) is 0 Å². The highest BCUT2D eigenvalue weighted by molar-refractivity contribution is 7.80. The molecule has 0 amide bonds. The van der Waals surface area contributed by atoms with Gasteiger partial charge < -0.3 is 14.8 Å². The van der Waals surface area contributed by atoms with Crippen molar-refractivity contribution in [2.24, 2.45) is 0 Å². The Morgan fingerprint density at radius 2 is 1.69 bits per heavy atom. The number of fused-ring (bicyclic) bond motifs is 1. The molecule has 1 aliphatic rings. The number of hydrogen-bond donors (Lipinski definition) is 1. The molecule has 0 fully saturated rings. The Balaban J connectivity index is 1.67. The second-order valence-corrected chi connectivity index (χ2v) is 7.33. The maximum Gasteiger partial charge on any atom is 0.174 e. The SMILES string of the molecule is Cc1cc(C)cc(NC(=S)N2CCn3cccc3[C@@H]2c2ccccc2)c1. The molecule has 4 rings (SSSR count). The van der Waals surface area contributed by atoms with E-state index in [1.807, 2.05) is 0 Å². The van der Waals surface area contributed by atoms with Gasteiger partial charge in [-0.25, -0.2) is 0 Å². The first-order valence-electron chi connectivity index (χ1n) is 8.98. The molecule has 1 aliphatic heterocycles. The fourth-order valence-electron chi connectivity index (χ4n) is 3.83. The van der Waals surface area contributed by atoms with Gasteiger partial charge in [-0.15, -0.1) is 0 Å². The number of benzene rings is 2. The smallest absolute Gasteiger partial charge is 0.174 e. The molecule has 1 atom stereocenters. The monoisotopic (exact) mass is 361 g/mol. The van der Waals surface area contributed by atoms with Gasteiger partial charge in [0, 0.05) is 30.7 Å². The molecule has 1 aromatic heterocycles. The van der Waals surface area contributed by atoms with Gasteiger partial charge in [0.25, 0.3) is 0 Å². The van der Waals surface area contributed by atoms with E-state index in [0.717, 1.165) is 23.9 Å². The van der Waals surface area contributed by atoms with Crippen molar-refractivity contribution in [2.45, 2.75) is 26.4 Å². The zero-order chi connectivity index (χ0) is 18.1. The van der Waals surface area contributed by atoms with E-state index < -0.39 is 0 Å². The van der Waals surface area contributed by atoms with Crippen molar-refractivity contribution in [1.82, 2.24) is 9.47 Å². The van der Waals surface area contributed by atoms with Crippen LogP contribution in [-0.4, -0.2) is 21.1 Å². The highest BCUT2D eigenvalue weighted by Crippen LogP contribution is 2.33. The Kier molecular flexibility index (Phi) is 4.51. The van der Waals surface area contributed by atoms with E-state index in [2.05, 4.69) is 95.5 Å². The average molecular weight is 362 g/mol. The van der Waals surface area contributed by atoms with E-state index in [1.165, 1.54) is 22.4 Å². The first-order valence-corrected chi connectivity index (χ1v) is 9.38. The number of nitrogens with zero attached hydrogens (tertiary/aromatic N) is 2. The molecule has 4 heteroatoms. The van der Waals surface area contributed by atoms with Crippen molar-refractivity contribution < 1.29 is 0 Å². The summed E-state index contributed by atoms with van der Waals surface area (Å²) in [6.45, 7) is 6.06. The second kappa shape index (κ2) is 6.96. The van der Waals surface area contributed by atoms with Crippen LogP contribution in [0.2, 0.25) is 0 Å². The predicted molar refractivity (Wildman–Crippen MR) is 112 cm³/mol. The van der Waals surface area contributed by atoms with Crippen LogP contribution in [-0.2, 0) is 6.54 Å². The lowest BCUT2D eigenvalue weighted by atomic mass is 10.0. The van der Waals surface area contributed by atoms with Crippen molar-refractivity contribution in [2.75, 3.05) is 11.9 Å². The Morgan fingerprint density at radius 3 is 2.42 bits per heavy atom. The minimum Gasteiger partial charge on any atom is -0.348 e. The Labute approximate surface area is 160 Å². The van der Waals surface area contributed by atoms with Gasteiger partial charge in [-0.2, -0.15) is 0 Å². The summed E-state index contributed by atoms with van der Waals surface area (Å²) < 4.78 is 2.33. The van der Waals surface area contributed by atoms with Crippen LogP contribution in [0.3, 0.4) is 0 Å². The van der Waals surface area contributed by atoms with Crippen molar-refractivity contribution in [3.63, 3.8) is 0 Å². The van der Waals surface area contributed by atoms with Gasteiger partial charge in [0.2, 0.25) is 0 Å². The summed E-state index contributed by atoms with van der Waals surface area (Å²) in [5.74, 6) is 0. The molecule has 3 aromatic rings. The standard InChI is InChI=1S/C22H23N3S/c1-16-13-17(2)15-19(14-16)23-22(26)25-12-11-24-10-6-9-20(24)21(25)18-7-4-3-5-8-18/h3-10,13-15,21H,11-12H2,1-2H3,(H,23,26)/t21-/m0/s1. The van der Waals surface area contributed by atoms with Crippen LogP contribution >= 0.6 is 12.2 Å². The third-order valence-electron chi connectivity index (χ3n) is 4.89. The third kappa shape index (κ3) is 3.25. The van der Waals surface area contributed by atoms with E-state index in [0.29, 0.717) is 0 Å². The van der Waals surface area contributed by atoms with Crippen LogP contribution in [0.4, 0.5) is 5.69 Å². The molecule has 0 unspecified atom stereocenters. The van der Waals surface area contributed by atoms with E-state index in [1.54, 1.807) is 0 Å². The highest BCUT2D eigenvalue weighted by Gasteiger charge is 2.30. The lowest BCUT2D eigenvalue weighted by molar-refractivity contribution is 0.293. The van der Waals surface area contributed by atoms with Crippen LogP contribution in [0, 0.1) is 13.8 Å². The summed E-state index contributed by atoms with van der Waals surface area (Å²) in [7, 11) is 0. The summed E-state index contributed by atoms with van der Waals surface area (Å²) in [6.07, 6.45) is 2.16. The van der Waals surface area contributed by atoms with Gasteiger partial charge in [-0.05, 0) is 67.0 Å². The lowest BCUT2D eigenvalue weighted by Crippen LogP contribution is -2.44. The van der Waals surface area contributed by atoms with E-state index in [-0.39, 0.29) is 6.04 Å². The summed E-state index contributed by atoms with van der Waals surface area (Å²) in [5.41, 5.74) is 6.08. The number of anilines is 1. The summed E-state index contributed by atoms with van der Waals surface area (Å²) >= 11 is 5.83. The maximum absolute atomic E-state index is 5.83. The molecule has 0 radical (unpaired) electrons. The molecule has 2 heterocycles. The van der Waals surface area contributed by atoms with E-state index in [4.69, 9.17) is 12.2 Å². The van der Waals surface area contributed by atoms with Crippen LogP contribution < -0.4 is 5.32 Å². The number of aromatic nitrogens is 1. The first kappa shape index (κ1) is 16.9. The van der Waals surface area contributed by atoms with Crippen LogP contribution in [0.1, 0.15) is 28.4 Å². The molecule has 0 saturated carbocycles. The first-order chi connectivity index (χ1) is 12.6. The highest BCUT2D eigenvalue weighted by atomic mass is 32.1. The normalized spacial score (nSPS) is 16.2. The van der Waals surface area contributed by atoms with Crippen molar-refractivity contribution >= 4 is 23.0 Å². The molecule has 1 N–H and O–H groups in total. The van der Waals surface area contributed by atoms with E-state index in [9.17, 15) is 0 Å². The van der Waals surface area contributed by atoms with Gasteiger partial charge in [0.15, 0.2) is 5.11 Å². The van der Waals surface area contributed by atoms with Crippen LogP contribution in [0.25, 0.3) is 0 Å². The summed E-state index contributed by atoms with van der Waals surface area (Å²) in [5, 5.41) is 4.24. The molecule has 0 aliphatic carbocycles. The Hall–Kier alpha value is -2.59. The van der Waals surface area contributed by atoms with Crippen LogP contribution in [0.15, 0.2) is 66.9 Å². The number of aryl methyl sites for hydroxylation is 2. The third-order valence-corrected chi connectivity index (χ3v) is 5.22. The summed E-state index contributed by atoms with van der Waals surface area (Å²) in [6, 6.07) is 21.5. The molecule has 26 heavy (non-hydrogen) atoms. The number of rotatable bonds is 2. The quantitative estimate of drug-likeness (QED) is 0.655. The average Bonchev–Trinajstić information content (AvgIpc) is 3.09. The van der Waals surface area contributed by atoms with Gasteiger partial charge in [-0.1, -0.05) is 36.4 Å². The molecule has 0 saturated heterocycles. The second-order valence-electron chi connectivity index (χ2n) is 6.94. The number of thiocarbonyl (C=S) groups is 1. The Bertz CT molecular complexity index is 909. The zero-order valence-electron chi connectivity index (χ0n) is 15.1.